The van der Waals surface area contributed by atoms with Crippen LogP contribution >= 0.6 is 0 Å². The quantitative estimate of drug-likeness (QED) is 0.275. The van der Waals surface area contributed by atoms with Crippen molar-refractivity contribution in [2.24, 2.45) is 0 Å². The van der Waals surface area contributed by atoms with Gasteiger partial charge in [-0.15, -0.1) is 0 Å². The summed E-state index contributed by atoms with van der Waals surface area (Å²) in [6.07, 6.45) is -0.764. The zero-order valence-electron chi connectivity index (χ0n) is 21.8. The van der Waals surface area contributed by atoms with Crippen molar-refractivity contribution in [3.05, 3.63) is 90.0 Å². The first-order chi connectivity index (χ1) is 18.8. The summed E-state index contributed by atoms with van der Waals surface area (Å²) in [4.78, 5) is 52.3. The van der Waals surface area contributed by atoms with Crippen LogP contribution in [0.4, 0.5) is 21.9 Å². The van der Waals surface area contributed by atoms with Crippen LogP contribution in [0.25, 0.3) is 0 Å². The molecule has 0 aliphatic rings. The number of benzene rings is 3. The molecule has 3 rings (SSSR count). The Morgan fingerprint density at radius 1 is 0.897 bits per heavy atom. The van der Waals surface area contributed by atoms with Gasteiger partial charge in [-0.25, -0.2) is 9.59 Å². The minimum atomic E-state index is -0.705. The van der Waals surface area contributed by atoms with Gasteiger partial charge in [0.15, 0.2) is 0 Å². The van der Waals surface area contributed by atoms with Gasteiger partial charge < -0.3 is 30.7 Å². The molecule has 0 aromatic heterocycles. The number of hydrogen-bond donors (Lipinski definition) is 4. The van der Waals surface area contributed by atoms with E-state index in [0.717, 1.165) is 0 Å². The lowest BCUT2D eigenvalue weighted by Gasteiger charge is -2.25. The summed E-state index contributed by atoms with van der Waals surface area (Å²) in [6.45, 7) is 2.99. The number of nitrogens with zero attached hydrogens (tertiary/aromatic N) is 1. The van der Waals surface area contributed by atoms with E-state index in [1.54, 1.807) is 80.6 Å². The predicted molar refractivity (Wildman–Crippen MR) is 149 cm³/mol. The molecule has 0 radical (unpaired) electrons. The van der Waals surface area contributed by atoms with Gasteiger partial charge in [0.2, 0.25) is 11.8 Å². The largest absolute Gasteiger partial charge is 0.462 e. The number of aliphatic hydroxyl groups is 1. The number of urea groups is 1. The third-order valence-electron chi connectivity index (χ3n) is 5.64. The normalized spacial score (nSPS) is 11.2. The van der Waals surface area contributed by atoms with Crippen LogP contribution in [0.15, 0.2) is 78.9 Å². The van der Waals surface area contributed by atoms with Crippen molar-refractivity contribution in [1.82, 2.24) is 5.32 Å². The molecule has 0 saturated heterocycles. The Hall–Kier alpha value is -4.70. The molecule has 0 aliphatic carbocycles. The van der Waals surface area contributed by atoms with Crippen LogP contribution in [-0.2, 0) is 14.3 Å². The Bertz CT molecular complexity index is 1300. The van der Waals surface area contributed by atoms with E-state index in [-0.39, 0.29) is 36.7 Å². The first-order valence-electron chi connectivity index (χ1n) is 12.5. The van der Waals surface area contributed by atoms with Gasteiger partial charge >= 0.3 is 12.0 Å². The zero-order chi connectivity index (χ0) is 28.2. The number of ether oxygens (including phenoxy) is 1. The monoisotopic (exact) mass is 532 g/mol. The van der Waals surface area contributed by atoms with Crippen molar-refractivity contribution in [3.63, 3.8) is 0 Å². The van der Waals surface area contributed by atoms with Crippen LogP contribution in [0.3, 0.4) is 0 Å². The molecule has 3 aromatic rings. The molecule has 0 heterocycles. The maximum absolute atomic E-state index is 13.3. The topological polar surface area (TPSA) is 137 Å². The number of rotatable bonds is 11. The Balaban J connectivity index is 1.73. The third kappa shape index (κ3) is 8.68. The Morgan fingerprint density at radius 3 is 2.31 bits per heavy atom. The summed E-state index contributed by atoms with van der Waals surface area (Å²) >= 11 is 0. The lowest BCUT2D eigenvalue weighted by Crippen LogP contribution is -2.43. The predicted octanol–water partition coefficient (Wildman–Crippen LogP) is 4.10. The first-order valence-corrected chi connectivity index (χ1v) is 12.5. The summed E-state index contributed by atoms with van der Waals surface area (Å²) in [5.41, 5.74) is 2.11. The standard InChI is InChI=1S/C29H32N4O6/c1-3-39-28(37)24-14-7-8-15-25(24)33(17-16-26(35)31-22-11-5-4-6-12-22)27(36)19-30-29(38)32-23-13-9-10-21(18-23)20(2)34/h4-15,18,20,34H,3,16-17,19H2,1-2H3,(H,31,35)(H2,30,32,38). The summed E-state index contributed by atoms with van der Waals surface area (Å²) in [5, 5.41) is 17.7. The van der Waals surface area contributed by atoms with E-state index in [9.17, 15) is 24.3 Å². The molecule has 10 nitrogen and oxygen atoms in total. The molecule has 4 amide bonds. The summed E-state index contributed by atoms with van der Waals surface area (Å²) in [7, 11) is 0. The van der Waals surface area contributed by atoms with Crippen LogP contribution in [-0.4, -0.2) is 48.6 Å². The minimum Gasteiger partial charge on any atom is -0.462 e. The fourth-order valence-electron chi connectivity index (χ4n) is 3.73. The van der Waals surface area contributed by atoms with Crippen LogP contribution in [0.1, 0.15) is 42.3 Å². The number of esters is 1. The van der Waals surface area contributed by atoms with Crippen LogP contribution in [0.2, 0.25) is 0 Å². The second kappa shape index (κ2) is 14.3. The average molecular weight is 533 g/mol. The highest BCUT2D eigenvalue weighted by Gasteiger charge is 2.23. The number of carbonyl (C=O) groups is 4. The van der Waals surface area contributed by atoms with E-state index in [4.69, 9.17) is 4.74 Å². The molecule has 0 bridgehead atoms. The second-order valence-electron chi connectivity index (χ2n) is 8.56. The van der Waals surface area contributed by atoms with Gasteiger partial charge in [-0.05, 0) is 55.8 Å². The SMILES string of the molecule is CCOC(=O)c1ccccc1N(CCC(=O)Nc1ccccc1)C(=O)CNC(=O)Nc1cccc(C(C)O)c1. The van der Waals surface area contributed by atoms with Gasteiger partial charge in [-0.3, -0.25) is 9.59 Å². The molecule has 204 valence electrons. The van der Waals surface area contributed by atoms with Crippen LogP contribution in [0, 0.1) is 0 Å². The Kier molecular flexibility index (Phi) is 10.6. The van der Waals surface area contributed by atoms with E-state index in [1.807, 2.05) is 6.07 Å². The Morgan fingerprint density at radius 2 is 1.59 bits per heavy atom. The van der Waals surface area contributed by atoms with Gasteiger partial charge in [-0.2, -0.15) is 0 Å². The molecule has 0 spiro atoms. The second-order valence-corrected chi connectivity index (χ2v) is 8.56. The first kappa shape index (κ1) is 28.9. The maximum Gasteiger partial charge on any atom is 0.340 e. The van der Waals surface area contributed by atoms with Gasteiger partial charge in [0.05, 0.1) is 30.5 Å². The number of para-hydroxylation sites is 2. The molecule has 10 heteroatoms. The van der Waals surface area contributed by atoms with Crippen LogP contribution in [0.5, 0.6) is 0 Å². The molecule has 39 heavy (non-hydrogen) atoms. The van der Waals surface area contributed by atoms with Gasteiger partial charge in [-0.1, -0.05) is 42.5 Å². The highest BCUT2D eigenvalue weighted by Crippen LogP contribution is 2.22. The van der Waals surface area contributed by atoms with Gasteiger partial charge in [0, 0.05) is 24.3 Å². The third-order valence-corrected chi connectivity index (χ3v) is 5.64. The molecule has 1 unspecified atom stereocenters. The van der Waals surface area contributed by atoms with E-state index >= 15 is 0 Å². The Labute approximate surface area is 227 Å². The molecule has 0 saturated carbocycles. The molecule has 1 atom stereocenters. The number of nitrogens with one attached hydrogen (secondary N) is 3. The van der Waals surface area contributed by atoms with Crippen molar-refractivity contribution < 1.29 is 29.0 Å². The highest BCUT2D eigenvalue weighted by atomic mass is 16.5. The molecule has 4 N–H and O–H groups in total. The van der Waals surface area contributed by atoms with E-state index in [0.29, 0.717) is 16.9 Å². The molecular weight excluding hydrogens is 500 g/mol. The summed E-state index contributed by atoms with van der Waals surface area (Å²) in [6, 6.07) is 21.4. The average Bonchev–Trinajstić information content (AvgIpc) is 2.93. The minimum absolute atomic E-state index is 0.0480. The zero-order valence-corrected chi connectivity index (χ0v) is 21.8. The fraction of sp³-hybridized carbons (Fsp3) is 0.241. The van der Waals surface area contributed by atoms with E-state index in [1.165, 1.54) is 11.0 Å². The number of hydrogen-bond acceptors (Lipinski definition) is 6. The number of anilines is 3. The van der Waals surface area contributed by atoms with Crippen molar-refractivity contribution in [2.45, 2.75) is 26.4 Å². The smallest absolute Gasteiger partial charge is 0.340 e. The highest BCUT2D eigenvalue weighted by molar-refractivity contribution is 6.05. The summed E-state index contributed by atoms with van der Waals surface area (Å²) in [5.74, 6) is -1.47. The van der Waals surface area contributed by atoms with Crippen molar-refractivity contribution in [1.29, 1.82) is 0 Å². The lowest BCUT2D eigenvalue weighted by atomic mass is 10.1. The number of aliphatic hydroxyl groups excluding tert-OH is 1. The lowest BCUT2D eigenvalue weighted by molar-refractivity contribution is -0.118. The van der Waals surface area contributed by atoms with Gasteiger partial charge in [0.1, 0.15) is 0 Å². The maximum atomic E-state index is 13.3. The molecular formula is C29H32N4O6. The van der Waals surface area contributed by atoms with E-state index < -0.39 is 30.6 Å². The van der Waals surface area contributed by atoms with Gasteiger partial charge in [0.25, 0.3) is 0 Å². The summed E-state index contributed by atoms with van der Waals surface area (Å²) < 4.78 is 5.14. The molecule has 3 aromatic carbocycles. The van der Waals surface area contributed by atoms with Crippen LogP contribution < -0.4 is 20.9 Å². The van der Waals surface area contributed by atoms with Crippen molar-refractivity contribution >= 4 is 40.9 Å². The number of amides is 4. The molecule has 0 aliphatic heterocycles. The van der Waals surface area contributed by atoms with E-state index in [2.05, 4.69) is 16.0 Å². The fourth-order valence-corrected chi connectivity index (χ4v) is 3.73. The molecule has 0 fully saturated rings. The van der Waals surface area contributed by atoms with Crippen molar-refractivity contribution in [2.75, 3.05) is 35.2 Å². The number of carbonyl (C=O) groups excluding carboxylic acids is 4. The van der Waals surface area contributed by atoms with Crippen molar-refractivity contribution in [3.8, 4) is 0 Å².